The molecule has 7 nitrogen and oxygen atoms in total. The van der Waals surface area contributed by atoms with Crippen LogP contribution in [0, 0.1) is 13.8 Å². The van der Waals surface area contributed by atoms with Crippen LogP contribution in [0.15, 0.2) is 48.5 Å². The van der Waals surface area contributed by atoms with Gasteiger partial charge in [-0.05, 0) is 50.2 Å². The Morgan fingerprint density at radius 1 is 0.833 bits per heavy atom. The molecule has 3 aromatic rings. The molecule has 2 heterocycles. The Labute approximate surface area is 179 Å². The fraction of sp³-hybridized carbons (Fsp3) is 0.273. The standard InChI is InChI=1S/C22H22ClN5O2/c1-15-3-9-19(10-4-15)28-16(2)20(24-25-28)22(30)27-13-11-26(12-14-27)21(29)17-5-7-18(23)8-6-17/h3-10H,11-14H2,1-2H3. The first-order valence-electron chi connectivity index (χ1n) is 9.77. The minimum absolute atomic E-state index is 0.0553. The maximum absolute atomic E-state index is 13.0. The molecular weight excluding hydrogens is 402 g/mol. The van der Waals surface area contributed by atoms with E-state index in [4.69, 9.17) is 11.6 Å². The molecule has 0 unspecified atom stereocenters. The minimum Gasteiger partial charge on any atom is -0.335 e. The summed E-state index contributed by atoms with van der Waals surface area (Å²) >= 11 is 5.89. The molecule has 154 valence electrons. The number of rotatable bonds is 3. The Morgan fingerprint density at radius 3 is 2.00 bits per heavy atom. The van der Waals surface area contributed by atoms with E-state index in [0.29, 0.717) is 48.2 Å². The number of hydrogen-bond acceptors (Lipinski definition) is 4. The van der Waals surface area contributed by atoms with Crippen LogP contribution >= 0.6 is 11.6 Å². The van der Waals surface area contributed by atoms with E-state index in [1.54, 1.807) is 38.7 Å². The van der Waals surface area contributed by atoms with E-state index in [2.05, 4.69) is 10.3 Å². The molecule has 1 saturated heterocycles. The van der Waals surface area contributed by atoms with Gasteiger partial charge in [-0.1, -0.05) is 34.5 Å². The molecule has 30 heavy (non-hydrogen) atoms. The molecule has 1 aliphatic rings. The SMILES string of the molecule is Cc1ccc(-n2nnc(C(=O)N3CCN(C(=O)c4ccc(Cl)cc4)CC3)c2C)cc1. The summed E-state index contributed by atoms with van der Waals surface area (Å²) in [6, 6.07) is 14.7. The summed E-state index contributed by atoms with van der Waals surface area (Å²) in [5.41, 5.74) is 3.65. The molecule has 0 radical (unpaired) electrons. The molecule has 1 aromatic heterocycles. The molecule has 0 N–H and O–H groups in total. The average molecular weight is 424 g/mol. The number of piperazine rings is 1. The monoisotopic (exact) mass is 423 g/mol. The molecule has 0 bridgehead atoms. The van der Waals surface area contributed by atoms with Gasteiger partial charge in [-0.15, -0.1) is 5.10 Å². The van der Waals surface area contributed by atoms with Gasteiger partial charge in [0.1, 0.15) is 0 Å². The summed E-state index contributed by atoms with van der Waals surface area (Å²) < 4.78 is 1.67. The molecular formula is C22H22ClN5O2. The van der Waals surface area contributed by atoms with Crippen molar-refractivity contribution in [3.05, 3.63) is 76.1 Å². The number of aromatic nitrogens is 3. The van der Waals surface area contributed by atoms with Crippen LogP contribution in [-0.4, -0.2) is 62.8 Å². The fourth-order valence-electron chi connectivity index (χ4n) is 3.50. The van der Waals surface area contributed by atoms with Crippen LogP contribution in [0.3, 0.4) is 0 Å². The number of amides is 2. The van der Waals surface area contributed by atoms with Gasteiger partial charge in [0.25, 0.3) is 11.8 Å². The predicted molar refractivity (Wildman–Crippen MR) is 114 cm³/mol. The second kappa shape index (κ2) is 8.28. The lowest BCUT2D eigenvalue weighted by Crippen LogP contribution is -2.50. The van der Waals surface area contributed by atoms with Crippen molar-refractivity contribution >= 4 is 23.4 Å². The Kier molecular flexibility index (Phi) is 5.55. The van der Waals surface area contributed by atoms with Crippen LogP contribution in [0.4, 0.5) is 0 Å². The third-order valence-corrected chi connectivity index (χ3v) is 5.57. The summed E-state index contributed by atoms with van der Waals surface area (Å²) in [7, 11) is 0. The topological polar surface area (TPSA) is 71.3 Å². The summed E-state index contributed by atoms with van der Waals surface area (Å²) in [6.07, 6.45) is 0. The van der Waals surface area contributed by atoms with Gasteiger partial charge in [0.2, 0.25) is 0 Å². The maximum Gasteiger partial charge on any atom is 0.276 e. The number of halogens is 1. The van der Waals surface area contributed by atoms with E-state index in [1.165, 1.54) is 0 Å². The smallest absolute Gasteiger partial charge is 0.276 e. The highest BCUT2D eigenvalue weighted by molar-refractivity contribution is 6.30. The Bertz CT molecular complexity index is 1070. The molecule has 0 aliphatic carbocycles. The quantitative estimate of drug-likeness (QED) is 0.648. The van der Waals surface area contributed by atoms with E-state index >= 15 is 0 Å². The number of carbonyl (C=O) groups is 2. The van der Waals surface area contributed by atoms with E-state index in [9.17, 15) is 9.59 Å². The van der Waals surface area contributed by atoms with Crippen LogP contribution in [0.5, 0.6) is 0 Å². The highest BCUT2D eigenvalue weighted by Crippen LogP contribution is 2.17. The van der Waals surface area contributed by atoms with Crippen molar-refractivity contribution in [2.24, 2.45) is 0 Å². The third-order valence-electron chi connectivity index (χ3n) is 5.32. The second-order valence-electron chi connectivity index (χ2n) is 7.36. The van der Waals surface area contributed by atoms with Gasteiger partial charge >= 0.3 is 0 Å². The van der Waals surface area contributed by atoms with Gasteiger partial charge in [-0.2, -0.15) is 0 Å². The van der Waals surface area contributed by atoms with Gasteiger partial charge in [0, 0.05) is 36.8 Å². The Balaban J connectivity index is 1.43. The Morgan fingerprint density at radius 2 is 1.40 bits per heavy atom. The van der Waals surface area contributed by atoms with Crippen molar-refractivity contribution < 1.29 is 9.59 Å². The van der Waals surface area contributed by atoms with Crippen LogP contribution in [0.25, 0.3) is 5.69 Å². The van der Waals surface area contributed by atoms with Crippen LogP contribution in [0.2, 0.25) is 5.02 Å². The van der Waals surface area contributed by atoms with Crippen molar-refractivity contribution in [1.82, 2.24) is 24.8 Å². The highest BCUT2D eigenvalue weighted by Gasteiger charge is 2.28. The first-order chi connectivity index (χ1) is 14.4. The zero-order valence-corrected chi connectivity index (χ0v) is 17.6. The summed E-state index contributed by atoms with van der Waals surface area (Å²) in [6.45, 7) is 5.71. The summed E-state index contributed by atoms with van der Waals surface area (Å²) in [4.78, 5) is 29.1. The summed E-state index contributed by atoms with van der Waals surface area (Å²) in [5, 5.41) is 8.89. The van der Waals surface area contributed by atoms with Crippen molar-refractivity contribution in [1.29, 1.82) is 0 Å². The van der Waals surface area contributed by atoms with Crippen molar-refractivity contribution in [2.45, 2.75) is 13.8 Å². The largest absolute Gasteiger partial charge is 0.335 e. The first kappa shape index (κ1) is 20.1. The molecule has 2 aromatic carbocycles. The Hall–Kier alpha value is -3.19. The number of aryl methyl sites for hydroxylation is 1. The molecule has 1 aliphatic heterocycles. The lowest BCUT2D eigenvalue weighted by molar-refractivity contribution is 0.0531. The predicted octanol–water partition coefficient (Wildman–Crippen LogP) is 3.14. The van der Waals surface area contributed by atoms with Gasteiger partial charge < -0.3 is 9.80 Å². The molecule has 0 spiro atoms. The van der Waals surface area contributed by atoms with E-state index in [-0.39, 0.29) is 11.8 Å². The molecule has 0 saturated carbocycles. The molecule has 2 amide bonds. The van der Waals surface area contributed by atoms with Crippen molar-refractivity contribution in [2.75, 3.05) is 26.2 Å². The highest BCUT2D eigenvalue weighted by atomic mass is 35.5. The number of hydrogen-bond donors (Lipinski definition) is 0. The molecule has 4 rings (SSSR count). The van der Waals surface area contributed by atoms with Gasteiger partial charge in [-0.3, -0.25) is 9.59 Å². The van der Waals surface area contributed by atoms with Gasteiger partial charge in [0.05, 0.1) is 11.4 Å². The van der Waals surface area contributed by atoms with E-state index < -0.39 is 0 Å². The molecule has 0 atom stereocenters. The zero-order valence-electron chi connectivity index (χ0n) is 16.9. The van der Waals surface area contributed by atoms with Crippen LogP contribution in [-0.2, 0) is 0 Å². The van der Waals surface area contributed by atoms with Crippen LogP contribution < -0.4 is 0 Å². The molecule has 8 heteroatoms. The van der Waals surface area contributed by atoms with E-state index in [1.807, 2.05) is 38.1 Å². The van der Waals surface area contributed by atoms with Crippen molar-refractivity contribution in [3.63, 3.8) is 0 Å². The lowest BCUT2D eigenvalue weighted by atomic mass is 10.1. The average Bonchev–Trinajstić information content (AvgIpc) is 3.15. The first-order valence-corrected chi connectivity index (χ1v) is 10.2. The number of carbonyl (C=O) groups excluding carboxylic acids is 2. The zero-order chi connectivity index (χ0) is 21.3. The minimum atomic E-state index is -0.163. The normalized spacial score (nSPS) is 14.1. The van der Waals surface area contributed by atoms with Crippen LogP contribution in [0.1, 0.15) is 32.1 Å². The fourth-order valence-corrected chi connectivity index (χ4v) is 3.62. The molecule has 1 fully saturated rings. The van der Waals surface area contributed by atoms with Gasteiger partial charge in [0.15, 0.2) is 5.69 Å². The maximum atomic E-state index is 13.0. The third kappa shape index (κ3) is 3.93. The lowest BCUT2D eigenvalue weighted by Gasteiger charge is -2.34. The number of nitrogens with zero attached hydrogens (tertiary/aromatic N) is 5. The van der Waals surface area contributed by atoms with Crippen molar-refractivity contribution in [3.8, 4) is 5.69 Å². The summed E-state index contributed by atoms with van der Waals surface area (Å²) in [5.74, 6) is -0.218. The van der Waals surface area contributed by atoms with E-state index in [0.717, 1.165) is 11.3 Å². The number of benzene rings is 2. The van der Waals surface area contributed by atoms with Gasteiger partial charge in [-0.25, -0.2) is 4.68 Å². The second-order valence-corrected chi connectivity index (χ2v) is 7.80.